The first-order valence-corrected chi connectivity index (χ1v) is 10.2. The molecule has 1 saturated heterocycles. The van der Waals surface area contributed by atoms with E-state index >= 15 is 0 Å². The largest absolute Gasteiger partial charge is 0.335 e. The third kappa shape index (κ3) is 3.53. The van der Waals surface area contributed by atoms with Gasteiger partial charge in [0.1, 0.15) is 15.9 Å². The Bertz CT molecular complexity index is 839. The highest BCUT2D eigenvalue weighted by Crippen LogP contribution is 2.27. The number of nitrogens with zero attached hydrogens (tertiary/aromatic N) is 3. The lowest BCUT2D eigenvalue weighted by atomic mass is 10.1. The molecule has 1 aliphatic rings. The van der Waals surface area contributed by atoms with Crippen molar-refractivity contribution in [2.75, 3.05) is 19.6 Å². The fourth-order valence-electron chi connectivity index (χ4n) is 3.40. The first kappa shape index (κ1) is 19.0. The van der Waals surface area contributed by atoms with Crippen LogP contribution in [0.2, 0.25) is 0 Å². The van der Waals surface area contributed by atoms with Gasteiger partial charge in [0.15, 0.2) is 0 Å². The Balaban J connectivity index is 1.81. The van der Waals surface area contributed by atoms with E-state index < -0.39 is 5.38 Å². The lowest BCUT2D eigenvalue weighted by molar-refractivity contribution is -0.134. The third-order valence-electron chi connectivity index (χ3n) is 4.78. The van der Waals surface area contributed by atoms with Crippen molar-refractivity contribution >= 4 is 45.0 Å². The van der Waals surface area contributed by atoms with Gasteiger partial charge in [-0.15, -0.1) is 22.9 Å². The minimum atomic E-state index is -0.537. The number of rotatable bonds is 4. The number of piperazine rings is 1. The lowest BCUT2D eigenvalue weighted by Gasteiger charge is -2.40. The number of hydrogen-bond acceptors (Lipinski definition) is 3. The van der Waals surface area contributed by atoms with E-state index in [0.29, 0.717) is 31.9 Å². The average molecular weight is 394 g/mol. The van der Waals surface area contributed by atoms with E-state index in [0.717, 1.165) is 10.2 Å². The number of thiophene rings is 1. The van der Waals surface area contributed by atoms with Crippen LogP contribution < -0.4 is 0 Å². The molecule has 5 nitrogen and oxygen atoms in total. The van der Waals surface area contributed by atoms with E-state index in [1.54, 1.807) is 23.2 Å². The summed E-state index contributed by atoms with van der Waals surface area (Å²) in [6.07, 6.45) is 4.05. The average Bonchev–Trinajstić information content (AvgIpc) is 3.20. The summed E-state index contributed by atoms with van der Waals surface area (Å²) in [4.78, 5) is 30.1. The molecule has 0 spiro atoms. The zero-order chi connectivity index (χ0) is 18.8. The number of fused-ring (bicyclic) bond motifs is 1. The van der Waals surface area contributed by atoms with Crippen LogP contribution in [-0.4, -0.2) is 57.2 Å². The van der Waals surface area contributed by atoms with E-state index in [1.165, 1.54) is 0 Å². The van der Waals surface area contributed by atoms with Crippen LogP contribution in [0.15, 0.2) is 29.7 Å². The maximum atomic E-state index is 13.2. The number of alkyl halides is 1. The van der Waals surface area contributed by atoms with Gasteiger partial charge in [0.2, 0.25) is 5.91 Å². The normalized spacial score (nSPS) is 19.5. The van der Waals surface area contributed by atoms with Gasteiger partial charge in [0, 0.05) is 37.6 Å². The Morgan fingerprint density at radius 2 is 2.19 bits per heavy atom. The summed E-state index contributed by atoms with van der Waals surface area (Å²) in [5.74, 6) is -0.0426. The van der Waals surface area contributed by atoms with Crippen molar-refractivity contribution < 1.29 is 9.59 Å². The number of amides is 2. The number of allylic oxidation sites excluding steroid dienone is 2. The maximum absolute atomic E-state index is 13.2. The smallest absolute Gasteiger partial charge is 0.270 e. The lowest BCUT2D eigenvalue weighted by Crippen LogP contribution is -2.56. The van der Waals surface area contributed by atoms with Crippen molar-refractivity contribution in [3.8, 4) is 0 Å². The molecule has 140 valence electrons. The summed E-state index contributed by atoms with van der Waals surface area (Å²) in [5.41, 5.74) is 0.711. The molecule has 0 N–H and O–H groups in total. The first-order valence-electron chi connectivity index (χ1n) is 8.85. The molecule has 3 heterocycles. The van der Waals surface area contributed by atoms with Crippen molar-refractivity contribution in [2.45, 2.75) is 38.7 Å². The third-order valence-corrected chi connectivity index (χ3v) is 5.92. The molecule has 1 fully saturated rings. The minimum Gasteiger partial charge on any atom is -0.335 e. The van der Waals surface area contributed by atoms with E-state index in [2.05, 4.69) is 10.6 Å². The van der Waals surface area contributed by atoms with Crippen molar-refractivity contribution in [3.05, 3.63) is 35.4 Å². The zero-order valence-electron chi connectivity index (χ0n) is 15.3. The number of carbonyl (C=O) groups excluding carboxylic acids is 2. The highest BCUT2D eigenvalue weighted by atomic mass is 35.5. The van der Waals surface area contributed by atoms with E-state index in [4.69, 9.17) is 11.6 Å². The highest BCUT2D eigenvalue weighted by Gasteiger charge is 2.32. The topological polar surface area (TPSA) is 45.6 Å². The molecule has 0 saturated carbocycles. The van der Waals surface area contributed by atoms with Gasteiger partial charge in [-0.1, -0.05) is 12.2 Å². The molecule has 2 amide bonds. The van der Waals surface area contributed by atoms with Gasteiger partial charge < -0.3 is 14.4 Å². The Morgan fingerprint density at radius 1 is 1.42 bits per heavy atom. The Labute approximate surface area is 162 Å². The van der Waals surface area contributed by atoms with Crippen LogP contribution in [0.5, 0.6) is 0 Å². The highest BCUT2D eigenvalue weighted by molar-refractivity contribution is 7.16. The van der Waals surface area contributed by atoms with Crippen LogP contribution in [0.3, 0.4) is 0 Å². The summed E-state index contributed by atoms with van der Waals surface area (Å²) in [6.45, 7) is 7.89. The van der Waals surface area contributed by atoms with E-state index in [-0.39, 0.29) is 17.9 Å². The van der Waals surface area contributed by atoms with Crippen LogP contribution in [0.25, 0.3) is 10.2 Å². The second kappa shape index (κ2) is 7.84. The first-order chi connectivity index (χ1) is 12.4. The van der Waals surface area contributed by atoms with Crippen molar-refractivity contribution in [2.24, 2.45) is 0 Å². The molecule has 7 heteroatoms. The number of halogens is 1. The second-order valence-corrected chi connectivity index (χ2v) is 8.19. The molecule has 0 aliphatic carbocycles. The monoisotopic (exact) mass is 393 g/mol. The van der Waals surface area contributed by atoms with E-state index in [1.807, 2.05) is 42.3 Å². The molecular weight excluding hydrogens is 370 g/mol. The minimum absolute atomic E-state index is 0.0239. The summed E-state index contributed by atoms with van der Waals surface area (Å²) in [7, 11) is 0. The Hall–Kier alpha value is -1.79. The van der Waals surface area contributed by atoms with Gasteiger partial charge >= 0.3 is 0 Å². The van der Waals surface area contributed by atoms with Crippen molar-refractivity contribution in [1.29, 1.82) is 0 Å². The molecule has 0 radical (unpaired) electrons. The predicted octanol–water partition coefficient (Wildman–Crippen LogP) is 3.58. The number of carbonyl (C=O) groups is 2. The van der Waals surface area contributed by atoms with Crippen LogP contribution in [0.4, 0.5) is 0 Å². The predicted molar refractivity (Wildman–Crippen MR) is 107 cm³/mol. The molecule has 2 aromatic rings. The Kier molecular flexibility index (Phi) is 5.73. The molecule has 26 heavy (non-hydrogen) atoms. The summed E-state index contributed by atoms with van der Waals surface area (Å²) >= 11 is 7.59. The van der Waals surface area contributed by atoms with Gasteiger partial charge in [-0.2, -0.15) is 0 Å². The maximum Gasteiger partial charge on any atom is 0.270 e. The Morgan fingerprint density at radius 3 is 2.85 bits per heavy atom. The molecule has 1 aliphatic heterocycles. The van der Waals surface area contributed by atoms with Crippen LogP contribution in [0, 0.1) is 0 Å². The fourth-order valence-corrected chi connectivity index (χ4v) is 4.44. The van der Waals surface area contributed by atoms with Gasteiger partial charge in [-0.05, 0) is 38.3 Å². The van der Waals surface area contributed by atoms with Gasteiger partial charge in [-0.3, -0.25) is 9.59 Å². The fraction of sp³-hybridized carbons (Fsp3) is 0.474. The van der Waals surface area contributed by atoms with Crippen LogP contribution >= 0.6 is 22.9 Å². The van der Waals surface area contributed by atoms with Gasteiger partial charge in [-0.25, -0.2) is 0 Å². The molecule has 3 rings (SSSR count). The SMILES string of the molecule is C/C=C\Cn1c(C(=O)N2CCN(C(=O)[C@@H](C)Cl)[C@H](C)C2)cc2ccsc21. The number of hydrogen-bond donors (Lipinski definition) is 0. The van der Waals surface area contributed by atoms with Gasteiger partial charge in [0.05, 0.1) is 0 Å². The zero-order valence-corrected chi connectivity index (χ0v) is 16.9. The quantitative estimate of drug-likeness (QED) is 0.588. The molecular formula is C19H24ClN3O2S. The summed E-state index contributed by atoms with van der Waals surface area (Å²) in [5, 5.41) is 2.61. The van der Waals surface area contributed by atoms with Crippen molar-refractivity contribution in [3.63, 3.8) is 0 Å². The summed E-state index contributed by atoms with van der Waals surface area (Å²) in [6, 6.07) is 3.98. The van der Waals surface area contributed by atoms with Gasteiger partial charge in [0.25, 0.3) is 5.91 Å². The van der Waals surface area contributed by atoms with Crippen LogP contribution in [-0.2, 0) is 11.3 Å². The molecule has 0 aromatic carbocycles. The molecule has 0 bridgehead atoms. The van der Waals surface area contributed by atoms with Crippen molar-refractivity contribution in [1.82, 2.24) is 14.4 Å². The second-order valence-electron chi connectivity index (χ2n) is 6.64. The standard InChI is InChI=1S/C19H24ClN3O2S/c1-4-5-7-23-16(11-15-6-10-26-19(15)23)18(25)21-8-9-22(13(2)12-21)17(24)14(3)20/h4-6,10-11,13-14H,7-9,12H2,1-3H3/b5-4-/t13-,14-/m1/s1. The molecule has 0 unspecified atom stereocenters. The molecule has 2 aromatic heterocycles. The molecule has 2 atom stereocenters. The number of aromatic nitrogens is 1. The van der Waals surface area contributed by atoms with Crippen LogP contribution in [0.1, 0.15) is 31.3 Å². The van der Waals surface area contributed by atoms with E-state index in [9.17, 15) is 9.59 Å². The summed E-state index contributed by atoms with van der Waals surface area (Å²) < 4.78 is 2.07.